The number of allylic oxidation sites excluding steroid dienone is 4. The number of hydrogen-bond donors (Lipinski definition) is 0. The molecule has 0 amide bonds. The van der Waals surface area contributed by atoms with E-state index in [-0.39, 0.29) is 24.8 Å². The van der Waals surface area contributed by atoms with Crippen molar-refractivity contribution in [2.45, 2.75) is 85.8 Å². The third kappa shape index (κ3) is 5.65. The van der Waals surface area contributed by atoms with Crippen LogP contribution in [-0.2, 0) is 17.5 Å². The first kappa shape index (κ1) is 31.0. The summed E-state index contributed by atoms with van der Waals surface area (Å²) in [5.41, 5.74) is 9.17. The molecule has 0 saturated carbocycles. The average molecular weight is 621 g/mol. The fraction of sp³-hybridized carbons (Fsp3) is 0.467. The minimum absolute atomic E-state index is 0. The van der Waals surface area contributed by atoms with Crippen molar-refractivity contribution in [1.82, 2.24) is 0 Å². The van der Waals surface area contributed by atoms with Crippen LogP contribution in [0.3, 0.4) is 0 Å². The van der Waals surface area contributed by atoms with Gasteiger partial charge < -0.3 is 24.8 Å². The molecule has 0 fully saturated rings. The van der Waals surface area contributed by atoms with Crippen LogP contribution in [-0.4, -0.2) is 10.9 Å². The molecular weight excluding hydrogens is 579 g/mol. The van der Waals surface area contributed by atoms with Crippen LogP contribution in [0.2, 0.25) is 26.2 Å². The molecule has 4 rings (SSSR count). The minimum atomic E-state index is -2.75. The Balaban J connectivity index is 0.00000216. The van der Waals surface area contributed by atoms with Gasteiger partial charge in [0.25, 0.3) is 0 Å². The second-order valence-electron chi connectivity index (χ2n) is 10.6. The second kappa shape index (κ2) is 13.6. The van der Waals surface area contributed by atoms with Crippen LogP contribution in [0, 0.1) is 0 Å². The molecule has 0 heterocycles. The van der Waals surface area contributed by atoms with Crippen LogP contribution >= 0.6 is 0 Å². The van der Waals surface area contributed by atoms with Crippen molar-refractivity contribution in [3.05, 3.63) is 82.9 Å². The quantitative estimate of drug-likeness (QED) is 0.398. The molecule has 2 aromatic carbocycles. The molecule has 0 nitrogen and oxygen atoms in total. The first-order valence-electron chi connectivity index (χ1n) is 13.2. The third-order valence-electron chi connectivity index (χ3n) is 8.25. The molecule has 35 heavy (non-hydrogen) atoms. The number of fused-ring (bicyclic) bond motifs is 2. The largest absolute Gasteiger partial charge is 1.00 e. The normalized spacial score (nSPS) is 17.1. The molecule has 0 saturated heterocycles. The van der Waals surface area contributed by atoms with Crippen molar-refractivity contribution in [1.29, 1.82) is 0 Å². The Morgan fingerprint density at radius 2 is 1.00 bits per heavy atom. The molecule has 2 atom stereocenters. The molecular formula is C30H42Cl2Si2Zr. The van der Waals surface area contributed by atoms with Gasteiger partial charge in [0.1, 0.15) is 0 Å². The first-order valence-corrected chi connectivity index (χ1v) is 28.4. The van der Waals surface area contributed by atoms with Crippen LogP contribution in [0.25, 0.3) is 11.1 Å². The Bertz CT molecular complexity index is 1120. The molecule has 0 aromatic heterocycles. The SMILES string of the molecule is CCCCC1=C[CH]([Zr+2]([CH]2C=C(CCCC)c3ccccc32)(=[Si](C)C)=[Si](C)C)c2ccccc21.[Cl-].[Cl-]. The van der Waals surface area contributed by atoms with E-state index in [4.69, 9.17) is 0 Å². The molecule has 5 heteroatoms. The van der Waals surface area contributed by atoms with Crippen molar-refractivity contribution in [3.63, 3.8) is 0 Å². The van der Waals surface area contributed by atoms with Gasteiger partial charge in [0.05, 0.1) is 0 Å². The van der Waals surface area contributed by atoms with E-state index in [0.29, 0.717) is 0 Å². The standard InChI is InChI=1S/2C13H15.2C2H6Si.2ClH.Zr/c2*1-2-3-6-11-9-10-12-7-4-5-8-13(11)12;2*1-3-2;;;/h2*4-5,7-10H,2-3,6H2,1H3;2*1-2H3;2*1H;/q;;;;;;+2/p-2. The first-order chi connectivity index (χ1) is 16.0. The summed E-state index contributed by atoms with van der Waals surface area (Å²) in [6.07, 6.45) is 13.4. The van der Waals surface area contributed by atoms with Gasteiger partial charge >= 0.3 is 208 Å². The predicted molar refractivity (Wildman–Crippen MR) is 148 cm³/mol. The van der Waals surface area contributed by atoms with Gasteiger partial charge in [-0.25, -0.2) is 0 Å². The van der Waals surface area contributed by atoms with Gasteiger partial charge in [0, 0.05) is 0 Å². The van der Waals surface area contributed by atoms with Crippen LogP contribution in [0.1, 0.15) is 81.9 Å². The average Bonchev–Trinajstić information content (AvgIpc) is 3.36. The number of rotatable bonds is 8. The number of unbranched alkanes of at least 4 members (excludes halogenated alkanes) is 2. The number of hydrogen-bond acceptors (Lipinski definition) is 0. The summed E-state index contributed by atoms with van der Waals surface area (Å²) in [5, 5.41) is 0. The molecule has 0 radical (unpaired) electrons. The van der Waals surface area contributed by atoms with E-state index in [2.05, 4.69) is 101 Å². The van der Waals surface area contributed by atoms with Gasteiger partial charge in [-0.3, -0.25) is 0 Å². The summed E-state index contributed by atoms with van der Waals surface area (Å²) in [4.78, 5) is 0. The summed E-state index contributed by atoms with van der Waals surface area (Å²) < 4.78 is 1.52. The van der Waals surface area contributed by atoms with E-state index >= 15 is 0 Å². The summed E-state index contributed by atoms with van der Waals surface area (Å²) >= 11 is -2.75. The maximum Gasteiger partial charge on any atom is -1.00 e. The van der Waals surface area contributed by atoms with E-state index in [9.17, 15) is 0 Å². The number of benzene rings is 2. The Labute approximate surface area is 231 Å². The van der Waals surface area contributed by atoms with Crippen LogP contribution in [0.15, 0.2) is 60.7 Å². The molecule has 0 spiro atoms. The van der Waals surface area contributed by atoms with Crippen LogP contribution in [0.4, 0.5) is 0 Å². The van der Waals surface area contributed by atoms with E-state index in [1.165, 1.54) is 38.5 Å². The molecule has 2 unspecified atom stereocenters. The zero-order chi connectivity index (χ0) is 23.6. The summed E-state index contributed by atoms with van der Waals surface area (Å²) in [6, 6.07) is 19.1. The van der Waals surface area contributed by atoms with E-state index in [0.717, 1.165) is 7.25 Å². The number of halogens is 2. The summed E-state index contributed by atoms with van der Waals surface area (Å²) in [5.74, 6) is 0. The topological polar surface area (TPSA) is 0 Å². The zero-order valence-electron chi connectivity index (χ0n) is 22.4. The maximum absolute atomic E-state index is 2.84. The summed E-state index contributed by atoms with van der Waals surface area (Å²) in [6.45, 7) is 15.5. The van der Waals surface area contributed by atoms with Crippen molar-refractivity contribution < 1.29 is 42.3 Å². The van der Waals surface area contributed by atoms with Gasteiger partial charge in [-0.2, -0.15) is 0 Å². The smallest absolute Gasteiger partial charge is 1.00 e. The van der Waals surface area contributed by atoms with Gasteiger partial charge in [-0.05, 0) is 0 Å². The predicted octanol–water partition coefficient (Wildman–Crippen LogP) is 3.31. The van der Waals surface area contributed by atoms with Gasteiger partial charge in [0.15, 0.2) is 0 Å². The minimum Gasteiger partial charge on any atom is -1.00 e. The van der Waals surface area contributed by atoms with E-state index < -0.39 is 28.4 Å². The van der Waals surface area contributed by atoms with E-state index in [1.807, 2.05) is 0 Å². The fourth-order valence-electron chi connectivity index (χ4n) is 6.74. The molecule has 2 aliphatic carbocycles. The maximum atomic E-state index is 2.84. The monoisotopic (exact) mass is 618 g/mol. The molecule has 0 bridgehead atoms. The molecule has 0 aliphatic heterocycles. The Hall–Kier alpha value is -0.183. The van der Waals surface area contributed by atoms with Crippen LogP contribution < -0.4 is 24.8 Å². The summed E-state index contributed by atoms with van der Waals surface area (Å²) in [7, 11) is 0. The van der Waals surface area contributed by atoms with Crippen molar-refractivity contribution in [2.75, 3.05) is 0 Å². The molecule has 188 valence electrons. The second-order valence-corrected chi connectivity index (χ2v) is 49.4. The van der Waals surface area contributed by atoms with Gasteiger partial charge in [-0.15, -0.1) is 0 Å². The van der Waals surface area contributed by atoms with Crippen molar-refractivity contribution in [3.8, 4) is 0 Å². The van der Waals surface area contributed by atoms with Gasteiger partial charge in [0.2, 0.25) is 0 Å². The molecule has 2 aromatic rings. The van der Waals surface area contributed by atoms with Gasteiger partial charge in [-0.1, -0.05) is 0 Å². The van der Waals surface area contributed by atoms with Crippen molar-refractivity contribution >= 4 is 22.0 Å². The molecule has 2 aliphatic rings. The van der Waals surface area contributed by atoms with Crippen LogP contribution in [0.5, 0.6) is 0 Å². The van der Waals surface area contributed by atoms with Crippen molar-refractivity contribution in [2.24, 2.45) is 0 Å². The Morgan fingerprint density at radius 3 is 1.34 bits per heavy atom. The third-order valence-corrected chi connectivity index (χ3v) is 68.2. The van der Waals surface area contributed by atoms with E-state index in [1.54, 1.807) is 33.4 Å². The molecule has 0 N–H and O–H groups in total. The fourth-order valence-corrected chi connectivity index (χ4v) is 66.2. The Kier molecular flexibility index (Phi) is 12.0. The zero-order valence-corrected chi connectivity index (χ0v) is 28.4. The Morgan fingerprint density at radius 1 is 0.629 bits per heavy atom.